The Kier molecular flexibility index (Phi) is 2.27. The molecule has 2 atom stereocenters. The van der Waals surface area contributed by atoms with Crippen LogP contribution in [0.25, 0.3) is 0 Å². The van der Waals surface area contributed by atoms with Crippen molar-refractivity contribution in [1.29, 1.82) is 5.26 Å². The van der Waals surface area contributed by atoms with E-state index in [9.17, 15) is 0 Å². The smallest absolute Gasteiger partial charge is 0.122 e. The van der Waals surface area contributed by atoms with E-state index in [2.05, 4.69) is 18.0 Å². The highest BCUT2D eigenvalue weighted by molar-refractivity contribution is 5.00. The van der Waals surface area contributed by atoms with Crippen LogP contribution in [0.15, 0.2) is 0 Å². The Hall–Kier alpha value is -0.590. The van der Waals surface area contributed by atoms with Gasteiger partial charge in [-0.1, -0.05) is 0 Å². The van der Waals surface area contributed by atoms with Gasteiger partial charge < -0.3 is 4.74 Å². The predicted molar refractivity (Wildman–Crippen MR) is 48.9 cm³/mol. The van der Waals surface area contributed by atoms with Gasteiger partial charge >= 0.3 is 0 Å². The molecule has 2 aliphatic rings. The Morgan fingerprint density at radius 1 is 1.54 bits per heavy atom. The van der Waals surface area contributed by atoms with E-state index in [4.69, 9.17) is 10.00 Å². The maximum Gasteiger partial charge on any atom is 0.122 e. The summed E-state index contributed by atoms with van der Waals surface area (Å²) >= 11 is 0. The monoisotopic (exact) mass is 180 g/mol. The fraction of sp³-hybridized carbons (Fsp3) is 0.900. The Morgan fingerprint density at radius 3 is 2.92 bits per heavy atom. The van der Waals surface area contributed by atoms with Gasteiger partial charge in [-0.25, -0.2) is 0 Å². The summed E-state index contributed by atoms with van der Waals surface area (Å²) in [6, 6.07) is 2.34. The molecule has 13 heavy (non-hydrogen) atoms. The molecule has 3 nitrogen and oxygen atoms in total. The van der Waals surface area contributed by atoms with Crippen LogP contribution in [0.4, 0.5) is 0 Å². The highest BCUT2D eigenvalue weighted by Gasteiger charge is 2.45. The largest absolute Gasteiger partial charge is 0.360 e. The average Bonchev–Trinajstić information content (AvgIpc) is 2.45. The fourth-order valence-electron chi connectivity index (χ4n) is 2.49. The molecule has 0 saturated carbocycles. The summed E-state index contributed by atoms with van der Waals surface area (Å²) < 4.78 is 5.85. The second kappa shape index (κ2) is 3.28. The summed E-state index contributed by atoms with van der Waals surface area (Å²) in [5.74, 6) is 0.170. The second-order valence-electron chi connectivity index (χ2n) is 4.16. The first-order valence-corrected chi connectivity index (χ1v) is 5.02. The van der Waals surface area contributed by atoms with Crippen LogP contribution in [-0.2, 0) is 4.74 Å². The Bertz CT molecular complexity index is 228. The first-order chi connectivity index (χ1) is 6.27. The molecule has 3 heteroatoms. The summed E-state index contributed by atoms with van der Waals surface area (Å²) in [6.07, 6.45) is 4.41. The molecule has 0 aromatic heterocycles. The summed E-state index contributed by atoms with van der Waals surface area (Å²) in [7, 11) is 2.07. The fourth-order valence-corrected chi connectivity index (χ4v) is 2.49. The molecular formula is C10H16N2O. The highest BCUT2D eigenvalue weighted by atomic mass is 16.5. The molecule has 2 aliphatic heterocycles. The third-order valence-corrected chi connectivity index (χ3v) is 3.27. The summed E-state index contributed by atoms with van der Waals surface area (Å²) in [5, 5.41) is 8.87. The van der Waals surface area contributed by atoms with E-state index in [1.54, 1.807) is 0 Å². The van der Waals surface area contributed by atoms with Crippen LogP contribution >= 0.6 is 0 Å². The van der Waals surface area contributed by atoms with Gasteiger partial charge in [-0.2, -0.15) is 5.26 Å². The van der Waals surface area contributed by atoms with Crippen LogP contribution < -0.4 is 0 Å². The first-order valence-electron chi connectivity index (χ1n) is 5.02. The van der Waals surface area contributed by atoms with Gasteiger partial charge in [0, 0.05) is 19.6 Å². The topological polar surface area (TPSA) is 36.3 Å². The zero-order valence-electron chi connectivity index (χ0n) is 8.12. The van der Waals surface area contributed by atoms with E-state index in [0.717, 1.165) is 26.0 Å². The lowest BCUT2D eigenvalue weighted by Gasteiger charge is -2.39. The molecule has 0 unspecified atom stereocenters. The number of nitriles is 1. The molecule has 0 aromatic carbocycles. The summed E-state index contributed by atoms with van der Waals surface area (Å²) in [5.41, 5.74) is -0.0847. The second-order valence-corrected chi connectivity index (χ2v) is 4.16. The third kappa shape index (κ3) is 1.45. The van der Waals surface area contributed by atoms with E-state index in [-0.39, 0.29) is 11.6 Å². The van der Waals surface area contributed by atoms with E-state index >= 15 is 0 Å². The zero-order valence-corrected chi connectivity index (χ0v) is 8.12. The SMILES string of the molecule is CN1C[C@H](C#N)C[C@@]12CCCCO2. The lowest BCUT2D eigenvalue weighted by Crippen LogP contribution is -2.46. The van der Waals surface area contributed by atoms with E-state index in [1.165, 1.54) is 12.8 Å². The van der Waals surface area contributed by atoms with Crippen molar-refractivity contribution in [2.75, 3.05) is 20.2 Å². The molecule has 2 heterocycles. The molecule has 0 N–H and O–H groups in total. The minimum Gasteiger partial charge on any atom is -0.360 e. The normalized spacial score (nSPS) is 40.8. The van der Waals surface area contributed by atoms with E-state index < -0.39 is 0 Å². The van der Waals surface area contributed by atoms with Crippen molar-refractivity contribution < 1.29 is 4.74 Å². The van der Waals surface area contributed by atoms with Crippen LogP contribution in [0, 0.1) is 17.2 Å². The van der Waals surface area contributed by atoms with Gasteiger partial charge in [0.05, 0.1) is 12.0 Å². The maximum atomic E-state index is 8.87. The zero-order chi connectivity index (χ0) is 9.31. The summed E-state index contributed by atoms with van der Waals surface area (Å²) in [6.45, 7) is 1.74. The molecule has 2 rings (SSSR count). The molecule has 0 radical (unpaired) electrons. The number of rotatable bonds is 0. The van der Waals surface area contributed by atoms with Crippen molar-refractivity contribution in [1.82, 2.24) is 4.90 Å². The van der Waals surface area contributed by atoms with Gasteiger partial charge in [-0.3, -0.25) is 4.90 Å². The van der Waals surface area contributed by atoms with Crippen molar-refractivity contribution in [2.45, 2.75) is 31.4 Å². The van der Waals surface area contributed by atoms with E-state index in [1.807, 2.05) is 0 Å². The molecule has 0 aliphatic carbocycles. The van der Waals surface area contributed by atoms with Crippen LogP contribution in [0.5, 0.6) is 0 Å². The maximum absolute atomic E-state index is 8.87. The lowest BCUT2D eigenvalue weighted by atomic mass is 9.97. The van der Waals surface area contributed by atoms with Crippen LogP contribution in [0.1, 0.15) is 25.7 Å². The van der Waals surface area contributed by atoms with Crippen molar-refractivity contribution in [2.24, 2.45) is 5.92 Å². The number of hydrogen-bond acceptors (Lipinski definition) is 3. The lowest BCUT2D eigenvalue weighted by molar-refractivity contribution is -0.152. The van der Waals surface area contributed by atoms with Gasteiger partial charge in [0.25, 0.3) is 0 Å². The minimum absolute atomic E-state index is 0.0847. The number of hydrogen-bond donors (Lipinski definition) is 0. The van der Waals surface area contributed by atoms with Crippen LogP contribution in [0.2, 0.25) is 0 Å². The number of ether oxygens (including phenoxy) is 1. The minimum atomic E-state index is -0.0847. The Morgan fingerprint density at radius 2 is 2.38 bits per heavy atom. The predicted octanol–water partition coefficient (Wildman–Crippen LogP) is 1.36. The molecular weight excluding hydrogens is 164 g/mol. The van der Waals surface area contributed by atoms with E-state index in [0.29, 0.717) is 0 Å². The number of nitrogens with zero attached hydrogens (tertiary/aromatic N) is 2. The molecule has 1 spiro atoms. The van der Waals surface area contributed by atoms with Gasteiger partial charge in [0.15, 0.2) is 0 Å². The van der Waals surface area contributed by atoms with Crippen molar-refractivity contribution in [3.63, 3.8) is 0 Å². The van der Waals surface area contributed by atoms with Gasteiger partial charge in [0.1, 0.15) is 5.72 Å². The van der Waals surface area contributed by atoms with Crippen molar-refractivity contribution in [3.05, 3.63) is 0 Å². The summed E-state index contributed by atoms with van der Waals surface area (Å²) in [4.78, 5) is 2.22. The average molecular weight is 180 g/mol. The van der Waals surface area contributed by atoms with Crippen LogP contribution in [-0.4, -0.2) is 30.8 Å². The Balaban J connectivity index is 2.09. The molecule has 0 bridgehead atoms. The van der Waals surface area contributed by atoms with Crippen LogP contribution in [0.3, 0.4) is 0 Å². The van der Waals surface area contributed by atoms with Crippen molar-refractivity contribution in [3.8, 4) is 6.07 Å². The highest BCUT2D eigenvalue weighted by Crippen LogP contribution is 2.39. The third-order valence-electron chi connectivity index (χ3n) is 3.27. The quantitative estimate of drug-likeness (QED) is 0.564. The van der Waals surface area contributed by atoms with Crippen molar-refractivity contribution >= 4 is 0 Å². The standard InChI is InChI=1S/C10H16N2O/c1-12-8-9(7-11)6-10(12)4-2-3-5-13-10/h9H,2-6,8H2,1H3/t9-,10-/m0/s1. The molecule has 2 fully saturated rings. The molecule has 72 valence electrons. The molecule has 0 aromatic rings. The number of likely N-dealkylation sites (tertiary alicyclic amines) is 1. The molecule has 2 saturated heterocycles. The molecule has 0 amide bonds. The van der Waals surface area contributed by atoms with Gasteiger partial charge in [-0.05, 0) is 26.3 Å². The van der Waals surface area contributed by atoms with Gasteiger partial charge in [0.2, 0.25) is 0 Å². The first kappa shape index (κ1) is 8.98. The Labute approximate surface area is 79.3 Å². The van der Waals surface area contributed by atoms with Gasteiger partial charge in [-0.15, -0.1) is 0 Å².